The summed E-state index contributed by atoms with van der Waals surface area (Å²) in [6, 6.07) is 50.7. The van der Waals surface area contributed by atoms with Crippen LogP contribution >= 0.6 is 11.3 Å². The van der Waals surface area contributed by atoms with Gasteiger partial charge in [-0.2, -0.15) is 0 Å². The van der Waals surface area contributed by atoms with Crippen LogP contribution in [0, 0.1) is 0 Å². The largest absolute Gasteiger partial charge is 0.310 e. The first-order valence-electron chi connectivity index (χ1n) is 12.9. The van der Waals surface area contributed by atoms with E-state index in [4.69, 9.17) is 0 Å². The molecule has 0 saturated heterocycles. The van der Waals surface area contributed by atoms with Gasteiger partial charge in [-0.3, -0.25) is 0 Å². The van der Waals surface area contributed by atoms with E-state index in [-0.39, 0.29) is 0 Å². The first-order valence-corrected chi connectivity index (χ1v) is 13.8. The summed E-state index contributed by atoms with van der Waals surface area (Å²) < 4.78 is 2.66. The molecule has 0 fully saturated rings. The number of hydrogen-bond acceptors (Lipinski definition) is 2. The number of thiophene rings is 1. The maximum absolute atomic E-state index is 2.42. The molecule has 0 radical (unpaired) electrons. The maximum Gasteiger partial charge on any atom is 0.0554 e. The third kappa shape index (κ3) is 3.24. The van der Waals surface area contributed by atoms with Crippen LogP contribution in [0.3, 0.4) is 0 Å². The topological polar surface area (TPSA) is 3.24 Å². The van der Waals surface area contributed by atoms with Gasteiger partial charge in [0.15, 0.2) is 0 Å². The van der Waals surface area contributed by atoms with Crippen molar-refractivity contribution < 1.29 is 0 Å². The smallest absolute Gasteiger partial charge is 0.0554 e. The molecule has 2 heteroatoms. The number of nitrogens with zero attached hydrogens (tertiary/aromatic N) is 1. The highest BCUT2D eigenvalue weighted by Gasteiger charge is 2.19. The van der Waals surface area contributed by atoms with Crippen LogP contribution in [0.5, 0.6) is 0 Å². The molecule has 0 bridgehead atoms. The number of para-hydroxylation sites is 1. The monoisotopic (exact) mass is 501 g/mol. The minimum atomic E-state index is 1.15. The van der Waals surface area contributed by atoms with Crippen molar-refractivity contribution in [3.63, 3.8) is 0 Å². The van der Waals surface area contributed by atoms with Crippen molar-refractivity contribution in [1.29, 1.82) is 0 Å². The Kier molecular flexibility index (Phi) is 4.76. The van der Waals surface area contributed by atoms with E-state index in [1.54, 1.807) is 0 Å². The zero-order valence-corrected chi connectivity index (χ0v) is 21.5. The summed E-state index contributed by atoms with van der Waals surface area (Å²) in [5.41, 5.74) is 3.52. The van der Waals surface area contributed by atoms with Crippen LogP contribution in [0.4, 0.5) is 17.1 Å². The molecule has 0 saturated carbocycles. The summed E-state index contributed by atoms with van der Waals surface area (Å²) in [6.45, 7) is 0. The van der Waals surface area contributed by atoms with Gasteiger partial charge in [0, 0.05) is 31.5 Å². The van der Waals surface area contributed by atoms with Crippen LogP contribution in [0.25, 0.3) is 52.5 Å². The van der Waals surface area contributed by atoms with Gasteiger partial charge in [-0.15, -0.1) is 11.3 Å². The molecule has 8 aromatic rings. The predicted molar refractivity (Wildman–Crippen MR) is 167 cm³/mol. The Labute approximate surface area is 224 Å². The molecule has 1 nitrogen and oxygen atoms in total. The van der Waals surface area contributed by atoms with Crippen LogP contribution in [-0.4, -0.2) is 0 Å². The summed E-state index contributed by atoms with van der Waals surface area (Å²) in [7, 11) is 0. The van der Waals surface area contributed by atoms with Crippen LogP contribution in [0.1, 0.15) is 0 Å². The number of anilines is 3. The van der Waals surface area contributed by atoms with Crippen LogP contribution in [-0.2, 0) is 0 Å². The summed E-state index contributed by atoms with van der Waals surface area (Å²) in [5.74, 6) is 0. The Morgan fingerprint density at radius 1 is 0.421 bits per heavy atom. The summed E-state index contributed by atoms with van der Waals surface area (Å²) in [4.78, 5) is 2.42. The lowest BCUT2D eigenvalue weighted by Gasteiger charge is -2.27. The minimum absolute atomic E-state index is 1.15. The third-order valence-corrected chi connectivity index (χ3v) is 8.81. The molecular weight excluding hydrogens is 478 g/mol. The lowest BCUT2D eigenvalue weighted by atomic mass is 10.0. The molecule has 1 heterocycles. The molecule has 0 aliphatic rings. The van der Waals surface area contributed by atoms with Crippen molar-refractivity contribution in [1.82, 2.24) is 0 Å². The second kappa shape index (κ2) is 8.44. The van der Waals surface area contributed by atoms with E-state index in [9.17, 15) is 0 Å². The molecule has 0 atom stereocenters. The fourth-order valence-corrected chi connectivity index (χ4v) is 7.11. The van der Waals surface area contributed by atoms with E-state index < -0.39 is 0 Å². The average Bonchev–Trinajstić information content (AvgIpc) is 3.38. The lowest BCUT2D eigenvalue weighted by Crippen LogP contribution is -2.10. The second-order valence-electron chi connectivity index (χ2n) is 9.78. The standard InChI is InChI=1S/C36H23NS/c1-2-11-27(12-3-1)37(28-21-19-26-18-17-24-9-4-6-13-29(24)32(26)23-28)33-15-8-16-34-35(33)31-22-20-25-10-5-7-14-30(25)36(31)38-34/h1-23H. The van der Waals surface area contributed by atoms with Crippen molar-refractivity contribution >= 4 is 80.9 Å². The molecule has 38 heavy (non-hydrogen) atoms. The van der Waals surface area contributed by atoms with Crippen LogP contribution in [0.15, 0.2) is 140 Å². The first-order chi connectivity index (χ1) is 18.8. The Hall–Kier alpha value is -4.66. The lowest BCUT2D eigenvalue weighted by molar-refractivity contribution is 1.31. The maximum atomic E-state index is 2.42. The van der Waals surface area contributed by atoms with Crippen molar-refractivity contribution in [3.05, 3.63) is 140 Å². The Balaban J connectivity index is 1.45. The van der Waals surface area contributed by atoms with Crippen LogP contribution in [0.2, 0.25) is 0 Å². The van der Waals surface area contributed by atoms with Gasteiger partial charge in [-0.05, 0) is 68.7 Å². The molecule has 0 amide bonds. The van der Waals surface area contributed by atoms with E-state index >= 15 is 0 Å². The molecule has 178 valence electrons. The van der Waals surface area contributed by atoms with Crippen LogP contribution < -0.4 is 4.90 Å². The van der Waals surface area contributed by atoms with Gasteiger partial charge >= 0.3 is 0 Å². The number of rotatable bonds is 3. The highest BCUT2D eigenvalue weighted by atomic mass is 32.1. The molecule has 0 N–H and O–H groups in total. The zero-order valence-electron chi connectivity index (χ0n) is 20.6. The zero-order chi connectivity index (χ0) is 25.1. The van der Waals surface area contributed by atoms with Gasteiger partial charge in [-0.1, -0.05) is 103 Å². The van der Waals surface area contributed by atoms with E-state index in [1.807, 2.05) is 11.3 Å². The Morgan fingerprint density at radius 2 is 1.08 bits per heavy atom. The highest BCUT2D eigenvalue weighted by molar-refractivity contribution is 7.26. The Bertz CT molecular complexity index is 2140. The predicted octanol–water partition coefficient (Wildman–Crippen LogP) is 11.0. The quantitative estimate of drug-likeness (QED) is 0.218. The molecule has 0 unspecified atom stereocenters. The average molecular weight is 502 g/mol. The number of benzene rings is 7. The molecule has 8 rings (SSSR count). The first kappa shape index (κ1) is 21.4. The molecular formula is C36H23NS. The minimum Gasteiger partial charge on any atom is -0.310 e. The van der Waals surface area contributed by atoms with Crippen molar-refractivity contribution in [2.24, 2.45) is 0 Å². The second-order valence-corrected chi connectivity index (χ2v) is 10.8. The van der Waals surface area contributed by atoms with Gasteiger partial charge in [0.05, 0.1) is 5.69 Å². The molecule has 0 spiro atoms. The van der Waals surface area contributed by atoms with E-state index in [2.05, 4.69) is 144 Å². The van der Waals surface area contributed by atoms with Gasteiger partial charge < -0.3 is 4.90 Å². The number of fused-ring (bicyclic) bond motifs is 8. The summed E-state index contributed by atoms with van der Waals surface area (Å²) in [6.07, 6.45) is 0. The van der Waals surface area contributed by atoms with Gasteiger partial charge in [0.2, 0.25) is 0 Å². The van der Waals surface area contributed by atoms with Gasteiger partial charge in [0.25, 0.3) is 0 Å². The summed E-state index contributed by atoms with van der Waals surface area (Å²) >= 11 is 1.89. The van der Waals surface area contributed by atoms with Crippen molar-refractivity contribution in [2.45, 2.75) is 0 Å². The fourth-order valence-electron chi connectivity index (χ4n) is 5.85. The third-order valence-electron chi connectivity index (χ3n) is 7.61. The van der Waals surface area contributed by atoms with Gasteiger partial charge in [0.1, 0.15) is 0 Å². The summed E-state index contributed by atoms with van der Waals surface area (Å²) in [5, 5.41) is 10.3. The van der Waals surface area contributed by atoms with E-state index in [0.717, 1.165) is 11.4 Å². The van der Waals surface area contributed by atoms with Gasteiger partial charge in [-0.25, -0.2) is 0 Å². The molecule has 0 aliphatic carbocycles. The Morgan fingerprint density at radius 3 is 1.92 bits per heavy atom. The molecule has 7 aromatic carbocycles. The molecule has 0 aliphatic heterocycles. The van der Waals surface area contributed by atoms with Crippen molar-refractivity contribution in [3.8, 4) is 0 Å². The fraction of sp³-hybridized carbons (Fsp3) is 0. The van der Waals surface area contributed by atoms with Crippen molar-refractivity contribution in [2.75, 3.05) is 4.90 Å². The SMILES string of the molecule is c1ccc(N(c2ccc3ccc4ccccc4c3c2)c2cccc3sc4c5ccccc5ccc4c23)cc1. The normalized spacial score (nSPS) is 11.7. The highest BCUT2D eigenvalue weighted by Crippen LogP contribution is 2.46. The van der Waals surface area contributed by atoms with E-state index in [1.165, 1.54) is 58.2 Å². The molecule has 1 aromatic heterocycles. The van der Waals surface area contributed by atoms with E-state index in [0.29, 0.717) is 0 Å². The number of hydrogen-bond donors (Lipinski definition) is 0.